The number of unbranched alkanes of at least 4 members (excludes halogenated alkanes) is 1. The summed E-state index contributed by atoms with van der Waals surface area (Å²) in [4.78, 5) is 41.3. The molecule has 146 valence electrons. The SMILES string of the molecule is CCCCn1c(N)c(N(CCC(C)C)C(=O)[C@@H]2CCCO2)c(=O)[nH]c1=O. The Labute approximate surface area is 153 Å². The van der Waals surface area contributed by atoms with Gasteiger partial charge in [-0.15, -0.1) is 0 Å². The van der Waals surface area contributed by atoms with Crippen molar-refractivity contribution in [2.24, 2.45) is 5.92 Å². The monoisotopic (exact) mass is 366 g/mol. The van der Waals surface area contributed by atoms with Crippen LogP contribution in [-0.2, 0) is 16.1 Å². The average molecular weight is 366 g/mol. The summed E-state index contributed by atoms with van der Waals surface area (Å²) >= 11 is 0. The Bertz CT molecular complexity index is 732. The van der Waals surface area contributed by atoms with Crippen molar-refractivity contribution in [2.75, 3.05) is 23.8 Å². The molecular formula is C18H30N4O4. The van der Waals surface area contributed by atoms with Crippen LogP contribution in [0.25, 0.3) is 0 Å². The van der Waals surface area contributed by atoms with Crippen molar-refractivity contribution in [1.29, 1.82) is 0 Å². The van der Waals surface area contributed by atoms with E-state index in [0.29, 0.717) is 38.5 Å². The van der Waals surface area contributed by atoms with Crippen molar-refractivity contribution in [3.8, 4) is 0 Å². The third-order valence-corrected chi connectivity index (χ3v) is 4.62. The molecule has 0 saturated carbocycles. The summed E-state index contributed by atoms with van der Waals surface area (Å²) in [5.74, 6) is 0.129. The number of ether oxygens (including phenoxy) is 1. The topological polar surface area (TPSA) is 110 Å². The third kappa shape index (κ3) is 4.55. The number of H-pyrrole nitrogens is 1. The largest absolute Gasteiger partial charge is 0.383 e. The first-order chi connectivity index (χ1) is 12.4. The van der Waals surface area contributed by atoms with E-state index in [1.807, 2.05) is 20.8 Å². The normalized spacial score (nSPS) is 17.0. The number of aromatic amines is 1. The number of aromatic nitrogens is 2. The molecule has 1 atom stereocenters. The molecule has 0 radical (unpaired) electrons. The Kier molecular flexibility index (Phi) is 7.02. The molecule has 0 aromatic carbocycles. The van der Waals surface area contributed by atoms with Gasteiger partial charge in [0.1, 0.15) is 11.9 Å². The van der Waals surface area contributed by atoms with Gasteiger partial charge in [-0.3, -0.25) is 19.1 Å². The molecule has 0 spiro atoms. The van der Waals surface area contributed by atoms with Crippen LogP contribution in [0.3, 0.4) is 0 Å². The molecule has 3 N–H and O–H groups in total. The molecule has 0 bridgehead atoms. The molecule has 1 fully saturated rings. The Morgan fingerprint density at radius 2 is 2.15 bits per heavy atom. The van der Waals surface area contributed by atoms with E-state index in [1.165, 1.54) is 9.47 Å². The lowest BCUT2D eigenvalue weighted by molar-refractivity contribution is -0.127. The zero-order valence-corrected chi connectivity index (χ0v) is 15.9. The summed E-state index contributed by atoms with van der Waals surface area (Å²) in [6, 6.07) is 0. The van der Waals surface area contributed by atoms with Gasteiger partial charge in [-0.25, -0.2) is 4.79 Å². The number of nitrogens with one attached hydrogen (secondary N) is 1. The van der Waals surface area contributed by atoms with Gasteiger partial charge in [0.05, 0.1) is 0 Å². The van der Waals surface area contributed by atoms with Gasteiger partial charge in [0.25, 0.3) is 11.5 Å². The highest BCUT2D eigenvalue weighted by Crippen LogP contribution is 2.23. The second-order valence-corrected chi connectivity index (χ2v) is 7.17. The van der Waals surface area contributed by atoms with Crippen molar-refractivity contribution in [3.63, 3.8) is 0 Å². The highest BCUT2D eigenvalue weighted by Gasteiger charge is 2.32. The molecule has 1 saturated heterocycles. The van der Waals surface area contributed by atoms with E-state index >= 15 is 0 Å². The van der Waals surface area contributed by atoms with Crippen LogP contribution < -0.4 is 21.9 Å². The molecule has 2 heterocycles. The van der Waals surface area contributed by atoms with Crippen molar-refractivity contribution in [3.05, 3.63) is 20.8 Å². The van der Waals surface area contributed by atoms with Crippen LogP contribution >= 0.6 is 0 Å². The second-order valence-electron chi connectivity index (χ2n) is 7.17. The smallest absolute Gasteiger partial charge is 0.330 e. The Balaban J connectivity index is 2.46. The number of nitrogens with zero attached hydrogens (tertiary/aromatic N) is 2. The molecular weight excluding hydrogens is 336 g/mol. The van der Waals surface area contributed by atoms with Crippen molar-refractivity contribution >= 4 is 17.4 Å². The number of hydrogen-bond acceptors (Lipinski definition) is 5. The van der Waals surface area contributed by atoms with E-state index in [1.54, 1.807) is 0 Å². The van der Waals surface area contributed by atoms with Crippen LogP contribution in [0.5, 0.6) is 0 Å². The maximum atomic E-state index is 13.0. The van der Waals surface area contributed by atoms with Gasteiger partial charge in [0.15, 0.2) is 5.69 Å². The number of rotatable bonds is 8. The van der Waals surface area contributed by atoms with Crippen molar-refractivity contribution in [1.82, 2.24) is 9.55 Å². The van der Waals surface area contributed by atoms with Gasteiger partial charge in [-0.2, -0.15) is 0 Å². The number of amides is 1. The summed E-state index contributed by atoms with van der Waals surface area (Å²) in [6.45, 7) is 7.39. The standard InChI is InChI=1S/C18H30N4O4/c1-4-5-9-22-15(19)14(16(23)20-18(22)25)21(10-8-12(2)3)17(24)13-7-6-11-26-13/h12-13H,4-11,19H2,1-3H3,(H,20,23,25)/t13-/m0/s1. The molecule has 1 aromatic heterocycles. The number of anilines is 2. The summed E-state index contributed by atoms with van der Waals surface area (Å²) in [5.41, 5.74) is 5.06. The number of nitrogens with two attached hydrogens (primary N) is 1. The summed E-state index contributed by atoms with van der Waals surface area (Å²) in [7, 11) is 0. The molecule has 1 aliphatic heterocycles. The Morgan fingerprint density at radius 1 is 1.42 bits per heavy atom. The Hall–Kier alpha value is -2.09. The molecule has 1 amide bonds. The fourth-order valence-corrected chi connectivity index (χ4v) is 3.04. The van der Waals surface area contributed by atoms with Gasteiger partial charge in [-0.05, 0) is 31.6 Å². The van der Waals surface area contributed by atoms with Gasteiger partial charge in [0.2, 0.25) is 0 Å². The van der Waals surface area contributed by atoms with E-state index in [2.05, 4.69) is 4.98 Å². The fraction of sp³-hybridized carbons (Fsp3) is 0.722. The van der Waals surface area contributed by atoms with Crippen LogP contribution in [0.1, 0.15) is 52.9 Å². The molecule has 0 aliphatic carbocycles. The van der Waals surface area contributed by atoms with Crippen LogP contribution in [-0.4, -0.2) is 34.7 Å². The van der Waals surface area contributed by atoms with Crippen molar-refractivity contribution in [2.45, 2.75) is 65.5 Å². The first kappa shape index (κ1) is 20.2. The van der Waals surface area contributed by atoms with E-state index in [0.717, 1.165) is 19.3 Å². The zero-order valence-electron chi connectivity index (χ0n) is 15.9. The highest BCUT2D eigenvalue weighted by atomic mass is 16.5. The highest BCUT2D eigenvalue weighted by molar-refractivity contribution is 5.98. The summed E-state index contributed by atoms with van der Waals surface area (Å²) in [5, 5.41) is 0. The van der Waals surface area contributed by atoms with Crippen LogP contribution in [0, 0.1) is 5.92 Å². The molecule has 1 aromatic rings. The number of carbonyl (C=O) groups is 1. The maximum Gasteiger partial charge on any atom is 0.330 e. The Morgan fingerprint density at radius 3 is 2.73 bits per heavy atom. The predicted octanol–water partition coefficient (Wildman–Crippen LogP) is 1.48. The molecule has 8 nitrogen and oxygen atoms in total. The molecule has 8 heteroatoms. The third-order valence-electron chi connectivity index (χ3n) is 4.62. The minimum Gasteiger partial charge on any atom is -0.383 e. The molecule has 1 aliphatic rings. The van der Waals surface area contributed by atoms with Crippen LogP contribution in [0.4, 0.5) is 11.5 Å². The second kappa shape index (κ2) is 9.02. The van der Waals surface area contributed by atoms with Crippen LogP contribution in [0.15, 0.2) is 9.59 Å². The lowest BCUT2D eigenvalue weighted by atomic mass is 10.1. The quantitative estimate of drug-likeness (QED) is 0.724. The van der Waals surface area contributed by atoms with Gasteiger partial charge < -0.3 is 15.4 Å². The zero-order chi connectivity index (χ0) is 19.3. The number of carbonyl (C=O) groups excluding carboxylic acids is 1. The average Bonchev–Trinajstić information content (AvgIpc) is 3.11. The van der Waals surface area contributed by atoms with E-state index in [-0.39, 0.29) is 17.4 Å². The fourth-order valence-electron chi connectivity index (χ4n) is 3.04. The summed E-state index contributed by atoms with van der Waals surface area (Å²) < 4.78 is 6.85. The van der Waals surface area contributed by atoms with Gasteiger partial charge >= 0.3 is 5.69 Å². The van der Waals surface area contributed by atoms with Crippen molar-refractivity contribution < 1.29 is 9.53 Å². The maximum absolute atomic E-state index is 13.0. The van der Waals surface area contributed by atoms with Crippen LogP contribution in [0.2, 0.25) is 0 Å². The lowest BCUT2D eigenvalue weighted by Gasteiger charge is -2.27. The molecule has 26 heavy (non-hydrogen) atoms. The molecule has 2 rings (SSSR count). The summed E-state index contributed by atoms with van der Waals surface area (Å²) in [6.07, 6.45) is 3.23. The number of nitrogen functional groups attached to an aromatic ring is 1. The van der Waals surface area contributed by atoms with E-state index in [4.69, 9.17) is 10.5 Å². The molecule has 0 unspecified atom stereocenters. The minimum absolute atomic E-state index is 0.0438. The van der Waals surface area contributed by atoms with E-state index < -0.39 is 17.4 Å². The van der Waals surface area contributed by atoms with Gasteiger partial charge in [0, 0.05) is 19.7 Å². The number of hydrogen-bond donors (Lipinski definition) is 2. The predicted molar refractivity (Wildman–Crippen MR) is 101 cm³/mol. The minimum atomic E-state index is -0.629. The van der Waals surface area contributed by atoms with E-state index in [9.17, 15) is 14.4 Å². The van der Waals surface area contributed by atoms with Gasteiger partial charge in [-0.1, -0.05) is 27.2 Å². The lowest BCUT2D eigenvalue weighted by Crippen LogP contribution is -2.45. The first-order valence-corrected chi connectivity index (χ1v) is 9.42. The first-order valence-electron chi connectivity index (χ1n) is 9.42.